The summed E-state index contributed by atoms with van der Waals surface area (Å²) in [5.74, 6) is 1.31. The van der Waals surface area contributed by atoms with Crippen molar-refractivity contribution in [3.63, 3.8) is 0 Å². The maximum Gasteiger partial charge on any atom is 0.311 e. The summed E-state index contributed by atoms with van der Waals surface area (Å²) in [5.41, 5.74) is 2.54. The summed E-state index contributed by atoms with van der Waals surface area (Å²) in [7, 11) is 0. The van der Waals surface area contributed by atoms with E-state index in [-0.39, 0.29) is 12.3 Å². The van der Waals surface area contributed by atoms with Gasteiger partial charge in [-0.3, -0.25) is 9.59 Å². The summed E-state index contributed by atoms with van der Waals surface area (Å²) < 4.78 is 16.2. The third kappa shape index (κ3) is 6.84. The molecule has 1 aliphatic rings. The predicted octanol–water partition coefficient (Wildman–Crippen LogP) is 4.04. The van der Waals surface area contributed by atoms with E-state index >= 15 is 0 Å². The van der Waals surface area contributed by atoms with E-state index in [4.69, 9.17) is 14.0 Å². The minimum atomic E-state index is -0.797. The zero-order valence-electron chi connectivity index (χ0n) is 18.6. The van der Waals surface area contributed by atoms with Crippen molar-refractivity contribution >= 4 is 11.9 Å². The molecule has 0 unspecified atom stereocenters. The molecule has 0 aliphatic heterocycles. The zero-order chi connectivity index (χ0) is 22.2. The second-order valence-electron chi connectivity index (χ2n) is 8.29. The van der Waals surface area contributed by atoms with E-state index in [1.807, 2.05) is 26.0 Å². The molecule has 0 saturated heterocycles. The third-order valence-corrected chi connectivity index (χ3v) is 5.80. The predicted molar refractivity (Wildman–Crippen MR) is 116 cm³/mol. The van der Waals surface area contributed by atoms with E-state index in [0.29, 0.717) is 24.8 Å². The maximum absolute atomic E-state index is 12.2. The van der Waals surface area contributed by atoms with Crippen molar-refractivity contribution in [3.8, 4) is 5.75 Å². The van der Waals surface area contributed by atoms with Gasteiger partial charge in [0.25, 0.3) is 5.91 Å². The van der Waals surface area contributed by atoms with Gasteiger partial charge in [-0.05, 0) is 57.2 Å². The molecule has 168 valence electrons. The van der Waals surface area contributed by atoms with Crippen LogP contribution in [0.25, 0.3) is 0 Å². The molecule has 1 heterocycles. The summed E-state index contributed by atoms with van der Waals surface area (Å²) in [6, 6.07) is 7.25. The number of hydrogen-bond donors (Lipinski definition) is 1. The summed E-state index contributed by atoms with van der Waals surface area (Å²) in [6.07, 6.45) is 5.37. The number of ether oxygens (including phenoxy) is 2. The highest BCUT2D eigenvalue weighted by Gasteiger charge is 2.20. The van der Waals surface area contributed by atoms with Gasteiger partial charge in [-0.25, -0.2) is 0 Å². The molecule has 1 aliphatic carbocycles. The summed E-state index contributed by atoms with van der Waals surface area (Å²) >= 11 is 0. The molecule has 7 heteroatoms. The molecule has 1 aromatic carbocycles. The van der Waals surface area contributed by atoms with Crippen LogP contribution >= 0.6 is 0 Å². The molecule has 1 aromatic heterocycles. The van der Waals surface area contributed by atoms with Gasteiger partial charge in [-0.15, -0.1) is 0 Å². The highest BCUT2D eigenvalue weighted by molar-refractivity contribution is 5.83. The number of aryl methyl sites for hydroxylation is 2. The first kappa shape index (κ1) is 22.8. The van der Waals surface area contributed by atoms with Crippen LogP contribution in [0.3, 0.4) is 0 Å². The Kier molecular flexibility index (Phi) is 8.09. The van der Waals surface area contributed by atoms with Gasteiger partial charge in [0.15, 0.2) is 6.10 Å². The molecule has 31 heavy (non-hydrogen) atoms. The number of benzene rings is 1. The standard InChI is InChI=1S/C24H32N2O5/c1-16-22(17(2)31-26-16)15-29-21-11-9-19(10-12-21)13-23(27)30-18(3)24(28)25-14-20-7-5-4-6-8-20/h9-12,18,20H,4-8,13-15H2,1-3H3,(H,25,28)/t18-/m1/s1. The van der Waals surface area contributed by atoms with Crippen LogP contribution in [-0.4, -0.2) is 29.7 Å². The minimum absolute atomic E-state index is 0.102. The van der Waals surface area contributed by atoms with E-state index in [1.54, 1.807) is 19.1 Å². The fraction of sp³-hybridized carbons (Fsp3) is 0.542. The Balaban J connectivity index is 1.40. The monoisotopic (exact) mass is 428 g/mol. The van der Waals surface area contributed by atoms with Crippen LogP contribution in [0, 0.1) is 19.8 Å². The Morgan fingerprint density at radius 1 is 1.16 bits per heavy atom. The third-order valence-electron chi connectivity index (χ3n) is 5.80. The number of nitrogens with zero attached hydrogens (tertiary/aromatic N) is 1. The Morgan fingerprint density at radius 3 is 2.52 bits per heavy atom. The SMILES string of the molecule is Cc1noc(C)c1COc1ccc(CC(=O)O[C@H](C)C(=O)NCC2CCCCC2)cc1. The van der Waals surface area contributed by atoms with Crippen LogP contribution in [-0.2, 0) is 27.4 Å². The van der Waals surface area contributed by atoms with Crippen LogP contribution in [0.5, 0.6) is 5.75 Å². The van der Waals surface area contributed by atoms with Crippen molar-refractivity contribution in [2.75, 3.05) is 6.54 Å². The highest BCUT2D eigenvalue weighted by Crippen LogP contribution is 2.23. The first-order valence-corrected chi connectivity index (χ1v) is 11.0. The summed E-state index contributed by atoms with van der Waals surface area (Å²) in [5, 5.41) is 6.83. The minimum Gasteiger partial charge on any atom is -0.489 e. The molecule has 7 nitrogen and oxygen atoms in total. The van der Waals surface area contributed by atoms with E-state index in [0.717, 1.165) is 35.4 Å². The number of carbonyl (C=O) groups excluding carboxylic acids is 2. The highest BCUT2D eigenvalue weighted by atomic mass is 16.5. The van der Waals surface area contributed by atoms with E-state index in [1.165, 1.54) is 19.3 Å². The smallest absolute Gasteiger partial charge is 0.311 e. The molecule has 1 N–H and O–H groups in total. The fourth-order valence-corrected chi connectivity index (χ4v) is 3.81. The van der Waals surface area contributed by atoms with Gasteiger partial charge in [0.05, 0.1) is 17.7 Å². The van der Waals surface area contributed by atoms with Gasteiger partial charge in [-0.1, -0.05) is 36.6 Å². The van der Waals surface area contributed by atoms with Crippen molar-refractivity contribution in [3.05, 3.63) is 46.8 Å². The Morgan fingerprint density at radius 2 is 1.87 bits per heavy atom. The van der Waals surface area contributed by atoms with Crippen LogP contribution in [0.15, 0.2) is 28.8 Å². The number of aromatic nitrogens is 1. The van der Waals surface area contributed by atoms with Gasteiger partial charge in [0.1, 0.15) is 18.1 Å². The van der Waals surface area contributed by atoms with Crippen molar-refractivity contribution in [2.45, 2.75) is 72.0 Å². The van der Waals surface area contributed by atoms with E-state index in [9.17, 15) is 9.59 Å². The molecule has 1 atom stereocenters. The van der Waals surface area contributed by atoms with E-state index < -0.39 is 12.1 Å². The fourth-order valence-electron chi connectivity index (χ4n) is 3.81. The quantitative estimate of drug-likeness (QED) is 0.606. The first-order chi connectivity index (χ1) is 14.9. The Bertz CT molecular complexity index is 849. The summed E-state index contributed by atoms with van der Waals surface area (Å²) in [6.45, 7) is 6.37. The number of carbonyl (C=O) groups is 2. The number of rotatable bonds is 9. The average molecular weight is 429 g/mol. The number of esters is 1. The van der Waals surface area contributed by atoms with Crippen molar-refractivity contribution in [1.29, 1.82) is 0 Å². The van der Waals surface area contributed by atoms with Crippen molar-refractivity contribution < 1.29 is 23.6 Å². The second-order valence-corrected chi connectivity index (χ2v) is 8.29. The number of amides is 1. The lowest BCUT2D eigenvalue weighted by Crippen LogP contribution is -2.39. The van der Waals surface area contributed by atoms with Crippen LogP contribution in [0.2, 0.25) is 0 Å². The lowest BCUT2D eigenvalue weighted by molar-refractivity contribution is -0.154. The van der Waals surface area contributed by atoms with Crippen molar-refractivity contribution in [2.24, 2.45) is 5.92 Å². The molecule has 3 rings (SSSR count). The number of nitrogens with one attached hydrogen (secondary N) is 1. The normalized spacial score (nSPS) is 15.3. The molecule has 0 radical (unpaired) electrons. The second kappa shape index (κ2) is 11.0. The van der Waals surface area contributed by atoms with Gasteiger partial charge < -0.3 is 19.3 Å². The molecule has 0 spiro atoms. The Labute approximate surface area is 183 Å². The van der Waals surface area contributed by atoms with Gasteiger partial charge in [0.2, 0.25) is 0 Å². The number of hydrogen-bond acceptors (Lipinski definition) is 6. The van der Waals surface area contributed by atoms with E-state index in [2.05, 4.69) is 10.5 Å². The summed E-state index contributed by atoms with van der Waals surface area (Å²) in [4.78, 5) is 24.4. The first-order valence-electron chi connectivity index (χ1n) is 11.0. The largest absolute Gasteiger partial charge is 0.489 e. The Hall–Kier alpha value is -2.83. The van der Waals surface area contributed by atoms with Gasteiger partial charge in [-0.2, -0.15) is 0 Å². The van der Waals surface area contributed by atoms with Crippen LogP contribution in [0.4, 0.5) is 0 Å². The lowest BCUT2D eigenvalue weighted by atomic mass is 9.89. The van der Waals surface area contributed by atoms with Crippen LogP contribution < -0.4 is 10.1 Å². The molecule has 1 saturated carbocycles. The average Bonchev–Trinajstić information content (AvgIpc) is 3.09. The van der Waals surface area contributed by atoms with Gasteiger partial charge >= 0.3 is 5.97 Å². The molecule has 0 bridgehead atoms. The van der Waals surface area contributed by atoms with Crippen LogP contribution in [0.1, 0.15) is 61.6 Å². The topological polar surface area (TPSA) is 90.7 Å². The molecular formula is C24H32N2O5. The molecular weight excluding hydrogens is 396 g/mol. The molecule has 1 amide bonds. The van der Waals surface area contributed by atoms with Crippen molar-refractivity contribution in [1.82, 2.24) is 10.5 Å². The maximum atomic E-state index is 12.2. The zero-order valence-corrected chi connectivity index (χ0v) is 18.6. The van der Waals surface area contributed by atoms with Gasteiger partial charge in [0, 0.05) is 6.54 Å². The molecule has 1 fully saturated rings. The molecule has 2 aromatic rings. The lowest BCUT2D eigenvalue weighted by Gasteiger charge is -2.22.